The Bertz CT molecular complexity index is 511. The van der Waals surface area contributed by atoms with E-state index < -0.39 is 0 Å². The number of hydrogen-bond donors (Lipinski definition) is 1. The third-order valence-corrected chi connectivity index (χ3v) is 5.09. The topological polar surface area (TPSA) is 46.3 Å². The first-order valence-electron chi connectivity index (χ1n) is 7.31. The number of piperidine rings is 1. The van der Waals surface area contributed by atoms with Gasteiger partial charge in [-0.05, 0) is 24.3 Å². The molecule has 1 aliphatic heterocycles. The van der Waals surface area contributed by atoms with Gasteiger partial charge >= 0.3 is 0 Å². The van der Waals surface area contributed by atoms with Crippen molar-refractivity contribution in [1.29, 1.82) is 0 Å². The molecule has 2 rings (SSSR count). The zero-order valence-electron chi connectivity index (χ0n) is 12.4. The molecule has 1 heterocycles. The lowest BCUT2D eigenvalue weighted by atomic mass is 9.99. The highest BCUT2D eigenvalue weighted by Gasteiger charge is 2.20. The van der Waals surface area contributed by atoms with Crippen LogP contribution in [0.5, 0.6) is 0 Å². The van der Waals surface area contributed by atoms with Gasteiger partial charge in [-0.15, -0.1) is 11.8 Å². The Kier molecular flexibility index (Phi) is 6.06. The van der Waals surface area contributed by atoms with Gasteiger partial charge in [0.25, 0.3) is 0 Å². The average molecular weight is 322 g/mol. The molecule has 114 valence electrons. The van der Waals surface area contributed by atoms with Gasteiger partial charge in [-0.2, -0.15) is 0 Å². The van der Waals surface area contributed by atoms with Crippen LogP contribution in [0.15, 0.2) is 24.3 Å². The first-order valence-corrected chi connectivity index (χ1v) is 8.87. The van der Waals surface area contributed by atoms with Gasteiger partial charge in [-0.1, -0.05) is 43.4 Å². The van der Waals surface area contributed by atoms with Crippen LogP contribution in [0.25, 0.3) is 0 Å². The Morgan fingerprint density at radius 3 is 2.71 bits per heavy atom. The Labute approximate surface area is 136 Å². The standard InChI is InChI=1S/C16H22N2OS2/c1-12-6-8-18(9-7-12)15(19)11-21-10-13-4-2-3-5-14(13)16(17)20/h2-5,12H,6-11H2,1H3,(H2,17,20). The minimum atomic E-state index is 0.250. The van der Waals surface area contributed by atoms with Crippen molar-refractivity contribution in [3.05, 3.63) is 35.4 Å². The second-order valence-electron chi connectivity index (χ2n) is 5.58. The van der Waals surface area contributed by atoms with E-state index in [1.807, 2.05) is 29.2 Å². The smallest absolute Gasteiger partial charge is 0.232 e. The molecule has 21 heavy (non-hydrogen) atoms. The van der Waals surface area contributed by atoms with Crippen molar-refractivity contribution in [3.63, 3.8) is 0 Å². The van der Waals surface area contributed by atoms with Crippen molar-refractivity contribution in [2.75, 3.05) is 18.8 Å². The van der Waals surface area contributed by atoms with Gasteiger partial charge in [0.2, 0.25) is 5.91 Å². The normalized spacial score (nSPS) is 16.0. The van der Waals surface area contributed by atoms with E-state index in [0.29, 0.717) is 10.7 Å². The fourth-order valence-corrected chi connectivity index (χ4v) is 3.61. The lowest BCUT2D eigenvalue weighted by Crippen LogP contribution is -2.38. The van der Waals surface area contributed by atoms with Crippen LogP contribution in [0.1, 0.15) is 30.9 Å². The van der Waals surface area contributed by atoms with Crippen molar-refractivity contribution >= 4 is 34.9 Å². The number of benzene rings is 1. The average Bonchev–Trinajstić information content (AvgIpc) is 2.48. The van der Waals surface area contributed by atoms with Crippen molar-refractivity contribution in [2.24, 2.45) is 11.7 Å². The SMILES string of the molecule is CC1CCN(C(=O)CSCc2ccccc2C(N)=S)CC1. The van der Waals surface area contributed by atoms with Crippen LogP contribution in [-0.4, -0.2) is 34.6 Å². The molecule has 0 aliphatic carbocycles. The zero-order chi connectivity index (χ0) is 15.2. The van der Waals surface area contributed by atoms with E-state index in [4.69, 9.17) is 18.0 Å². The van der Waals surface area contributed by atoms with Crippen LogP contribution in [-0.2, 0) is 10.5 Å². The number of carbonyl (C=O) groups excluding carboxylic acids is 1. The molecule has 0 aromatic heterocycles. The molecule has 0 bridgehead atoms. The molecule has 1 aliphatic rings. The largest absolute Gasteiger partial charge is 0.389 e. The molecule has 1 aromatic rings. The van der Waals surface area contributed by atoms with E-state index in [1.54, 1.807) is 11.8 Å². The summed E-state index contributed by atoms with van der Waals surface area (Å²) in [4.78, 5) is 14.6. The highest BCUT2D eigenvalue weighted by Crippen LogP contribution is 2.20. The third kappa shape index (κ3) is 4.71. The number of nitrogens with zero attached hydrogens (tertiary/aromatic N) is 1. The fraction of sp³-hybridized carbons (Fsp3) is 0.500. The Balaban J connectivity index is 1.82. The van der Waals surface area contributed by atoms with Gasteiger partial charge < -0.3 is 10.6 Å². The van der Waals surface area contributed by atoms with E-state index in [0.717, 1.165) is 48.7 Å². The van der Waals surface area contributed by atoms with E-state index in [-0.39, 0.29) is 5.91 Å². The summed E-state index contributed by atoms with van der Waals surface area (Å²) in [5, 5.41) is 0. The number of amides is 1. The fourth-order valence-electron chi connectivity index (χ4n) is 2.48. The first kappa shape index (κ1) is 16.3. The van der Waals surface area contributed by atoms with Crippen LogP contribution >= 0.6 is 24.0 Å². The van der Waals surface area contributed by atoms with Crippen LogP contribution < -0.4 is 5.73 Å². The summed E-state index contributed by atoms with van der Waals surface area (Å²) in [5.74, 6) is 2.29. The molecule has 0 spiro atoms. The molecular weight excluding hydrogens is 300 g/mol. The number of rotatable bonds is 5. The Hall–Kier alpha value is -1.07. The maximum Gasteiger partial charge on any atom is 0.232 e. The molecule has 0 radical (unpaired) electrons. The summed E-state index contributed by atoms with van der Waals surface area (Å²) in [6.07, 6.45) is 2.25. The Morgan fingerprint density at radius 2 is 2.05 bits per heavy atom. The van der Waals surface area contributed by atoms with Gasteiger partial charge in [0.1, 0.15) is 4.99 Å². The molecule has 0 saturated carbocycles. The quantitative estimate of drug-likeness (QED) is 0.847. The highest BCUT2D eigenvalue weighted by atomic mass is 32.2. The minimum absolute atomic E-state index is 0.250. The molecule has 1 amide bonds. The lowest BCUT2D eigenvalue weighted by Gasteiger charge is -2.30. The summed E-state index contributed by atoms with van der Waals surface area (Å²) >= 11 is 6.69. The second kappa shape index (κ2) is 7.80. The van der Waals surface area contributed by atoms with Crippen LogP contribution in [0, 0.1) is 5.92 Å². The molecule has 3 nitrogen and oxygen atoms in total. The summed E-state index contributed by atoms with van der Waals surface area (Å²) in [5.41, 5.74) is 7.75. The molecule has 2 N–H and O–H groups in total. The minimum Gasteiger partial charge on any atom is -0.389 e. The van der Waals surface area contributed by atoms with Crippen LogP contribution in [0.2, 0.25) is 0 Å². The van der Waals surface area contributed by atoms with Crippen LogP contribution in [0.3, 0.4) is 0 Å². The number of thiocarbonyl (C=S) groups is 1. The molecular formula is C16H22N2OS2. The van der Waals surface area contributed by atoms with Crippen molar-refractivity contribution in [1.82, 2.24) is 4.90 Å². The number of thioether (sulfide) groups is 1. The number of likely N-dealkylation sites (tertiary alicyclic amines) is 1. The van der Waals surface area contributed by atoms with Crippen molar-refractivity contribution in [3.8, 4) is 0 Å². The number of nitrogens with two attached hydrogens (primary N) is 1. The van der Waals surface area contributed by atoms with Crippen molar-refractivity contribution < 1.29 is 4.79 Å². The van der Waals surface area contributed by atoms with Gasteiger partial charge in [-0.3, -0.25) is 4.79 Å². The molecule has 1 aromatic carbocycles. The summed E-state index contributed by atoms with van der Waals surface area (Å²) in [7, 11) is 0. The lowest BCUT2D eigenvalue weighted by molar-refractivity contribution is -0.129. The number of hydrogen-bond acceptors (Lipinski definition) is 3. The molecule has 0 atom stereocenters. The molecule has 0 unspecified atom stereocenters. The van der Waals surface area contributed by atoms with Gasteiger partial charge in [0.05, 0.1) is 5.75 Å². The predicted octanol–water partition coefficient (Wildman–Crippen LogP) is 2.81. The summed E-state index contributed by atoms with van der Waals surface area (Å²) < 4.78 is 0. The summed E-state index contributed by atoms with van der Waals surface area (Å²) in [6.45, 7) is 4.07. The Morgan fingerprint density at radius 1 is 1.38 bits per heavy atom. The maximum absolute atomic E-state index is 12.2. The first-order chi connectivity index (χ1) is 10.1. The van der Waals surface area contributed by atoms with E-state index in [1.165, 1.54) is 0 Å². The van der Waals surface area contributed by atoms with Gasteiger partial charge in [0, 0.05) is 24.4 Å². The van der Waals surface area contributed by atoms with Crippen LogP contribution in [0.4, 0.5) is 0 Å². The van der Waals surface area contributed by atoms with E-state index in [2.05, 4.69) is 6.92 Å². The molecule has 1 fully saturated rings. The highest BCUT2D eigenvalue weighted by molar-refractivity contribution is 7.99. The van der Waals surface area contributed by atoms with Gasteiger partial charge in [0.15, 0.2) is 0 Å². The van der Waals surface area contributed by atoms with E-state index >= 15 is 0 Å². The zero-order valence-corrected chi connectivity index (χ0v) is 14.0. The van der Waals surface area contributed by atoms with Crippen molar-refractivity contribution in [2.45, 2.75) is 25.5 Å². The number of carbonyl (C=O) groups is 1. The summed E-state index contributed by atoms with van der Waals surface area (Å²) in [6, 6.07) is 7.87. The predicted molar refractivity (Wildman–Crippen MR) is 93.5 cm³/mol. The maximum atomic E-state index is 12.2. The third-order valence-electron chi connectivity index (χ3n) is 3.90. The second-order valence-corrected chi connectivity index (χ2v) is 7.00. The van der Waals surface area contributed by atoms with E-state index in [9.17, 15) is 4.79 Å². The molecule has 5 heteroatoms. The monoisotopic (exact) mass is 322 g/mol. The molecule has 1 saturated heterocycles. The van der Waals surface area contributed by atoms with Gasteiger partial charge in [-0.25, -0.2) is 0 Å².